The van der Waals surface area contributed by atoms with Gasteiger partial charge in [0.2, 0.25) is 0 Å². The van der Waals surface area contributed by atoms with Gasteiger partial charge in [-0.25, -0.2) is 4.79 Å². The molecular formula is C19H32N2O4. The van der Waals surface area contributed by atoms with Crippen molar-refractivity contribution < 1.29 is 19.7 Å². The first kappa shape index (κ1) is 21.4. The minimum absolute atomic E-state index is 0.248. The molecule has 0 radical (unpaired) electrons. The molecule has 0 aliphatic heterocycles. The zero-order valence-corrected chi connectivity index (χ0v) is 15.9. The summed E-state index contributed by atoms with van der Waals surface area (Å²) in [5, 5.41) is 23.5. The van der Waals surface area contributed by atoms with Crippen LogP contribution in [0.4, 0.5) is 4.79 Å². The highest BCUT2D eigenvalue weighted by atomic mass is 16.6. The van der Waals surface area contributed by atoms with Crippen molar-refractivity contribution in [3.63, 3.8) is 0 Å². The molecule has 142 valence electrons. The van der Waals surface area contributed by atoms with Gasteiger partial charge in [-0.2, -0.15) is 0 Å². The lowest BCUT2D eigenvalue weighted by Gasteiger charge is -2.30. The van der Waals surface area contributed by atoms with E-state index in [0.717, 1.165) is 5.69 Å². The molecule has 0 aliphatic rings. The summed E-state index contributed by atoms with van der Waals surface area (Å²) in [5.74, 6) is 0.248. The van der Waals surface area contributed by atoms with Crippen LogP contribution >= 0.6 is 0 Å². The van der Waals surface area contributed by atoms with Crippen LogP contribution in [0.25, 0.3) is 0 Å². The number of nitrogens with zero attached hydrogens (tertiary/aromatic N) is 1. The number of carbonyl (C=O) groups is 1. The number of aryl methyl sites for hydroxylation is 1. The third-order valence-electron chi connectivity index (χ3n) is 3.66. The second-order valence-electron chi connectivity index (χ2n) is 7.80. The number of carbonyl (C=O) groups excluding carboxylic acids is 1. The summed E-state index contributed by atoms with van der Waals surface area (Å²) in [4.78, 5) is 16.2. The van der Waals surface area contributed by atoms with Gasteiger partial charge in [-0.05, 0) is 58.1 Å². The van der Waals surface area contributed by atoms with Crippen LogP contribution in [0, 0.1) is 5.92 Å². The molecule has 0 aromatic carbocycles. The van der Waals surface area contributed by atoms with Crippen LogP contribution in [0.2, 0.25) is 0 Å². The molecule has 1 heterocycles. The number of alkyl carbamates (subject to hydrolysis) is 1. The molecule has 1 amide bonds. The first-order valence-electron chi connectivity index (χ1n) is 8.84. The van der Waals surface area contributed by atoms with Crippen LogP contribution in [0.1, 0.15) is 53.2 Å². The Kier molecular flexibility index (Phi) is 8.32. The number of nitrogens with one attached hydrogen (secondary N) is 1. The molecule has 25 heavy (non-hydrogen) atoms. The molecule has 0 aliphatic carbocycles. The van der Waals surface area contributed by atoms with E-state index in [0.29, 0.717) is 19.3 Å². The Labute approximate surface area is 150 Å². The first-order chi connectivity index (χ1) is 11.6. The van der Waals surface area contributed by atoms with E-state index in [9.17, 15) is 15.0 Å². The van der Waals surface area contributed by atoms with E-state index in [1.807, 2.05) is 32.0 Å². The summed E-state index contributed by atoms with van der Waals surface area (Å²) in [6.07, 6.45) is 0.543. The average molecular weight is 352 g/mol. The summed E-state index contributed by atoms with van der Waals surface area (Å²) in [7, 11) is 0. The SMILES string of the molecule is CC(C)C[C@H](NC(=O)OC(C)(C)C)[C@@H](O)[C@@H](O)CCc1ccccn1. The van der Waals surface area contributed by atoms with Crippen LogP contribution in [-0.2, 0) is 11.2 Å². The summed E-state index contributed by atoms with van der Waals surface area (Å²) in [6.45, 7) is 9.33. The topological polar surface area (TPSA) is 91.7 Å². The highest BCUT2D eigenvalue weighted by molar-refractivity contribution is 5.68. The molecule has 0 bridgehead atoms. The first-order valence-corrected chi connectivity index (χ1v) is 8.84. The Morgan fingerprint density at radius 3 is 2.48 bits per heavy atom. The van der Waals surface area contributed by atoms with Crippen LogP contribution < -0.4 is 5.32 Å². The summed E-state index contributed by atoms with van der Waals surface area (Å²) in [5.41, 5.74) is 0.240. The van der Waals surface area contributed by atoms with Crippen molar-refractivity contribution in [2.45, 2.75) is 77.7 Å². The van der Waals surface area contributed by atoms with Crippen molar-refractivity contribution in [2.24, 2.45) is 5.92 Å². The van der Waals surface area contributed by atoms with Crippen molar-refractivity contribution in [1.82, 2.24) is 10.3 Å². The van der Waals surface area contributed by atoms with E-state index < -0.39 is 29.9 Å². The maximum absolute atomic E-state index is 12.0. The highest BCUT2D eigenvalue weighted by Crippen LogP contribution is 2.16. The smallest absolute Gasteiger partial charge is 0.407 e. The zero-order valence-electron chi connectivity index (χ0n) is 15.9. The minimum Gasteiger partial charge on any atom is -0.444 e. The van der Waals surface area contributed by atoms with Gasteiger partial charge in [-0.15, -0.1) is 0 Å². The van der Waals surface area contributed by atoms with E-state index in [1.165, 1.54) is 0 Å². The van der Waals surface area contributed by atoms with E-state index in [1.54, 1.807) is 27.0 Å². The fourth-order valence-electron chi connectivity index (χ4n) is 2.53. The second kappa shape index (κ2) is 9.73. The van der Waals surface area contributed by atoms with Crippen molar-refractivity contribution in [3.8, 4) is 0 Å². The molecule has 3 N–H and O–H groups in total. The van der Waals surface area contributed by atoms with E-state index in [-0.39, 0.29) is 5.92 Å². The number of aliphatic hydroxyl groups excluding tert-OH is 2. The Morgan fingerprint density at radius 1 is 1.28 bits per heavy atom. The molecular weight excluding hydrogens is 320 g/mol. The quantitative estimate of drug-likeness (QED) is 0.669. The zero-order chi connectivity index (χ0) is 19.0. The lowest BCUT2D eigenvalue weighted by Crippen LogP contribution is -2.50. The standard InChI is InChI=1S/C19H32N2O4/c1-13(2)12-15(21-18(24)25-19(3,4)5)17(23)16(22)10-9-14-8-6-7-11-20-14/h6-8,11,13,15-17,22-23H,9-10,12H2,1-5H3,(H,21,24)/t15-,16-,17+/m0/s1. The van der Waals surface area contributed by atoms with Gasteiger partial charge < -0.3 is 20.3 Å². The molecule has 6 heteroatoms. The molecule has 0 saturated heterocycles. The number of hydrogen-bond donors (Lipinski definition) is 3. The number of hydrogen-bond acceptors (Lipinski definition) is 5. The van der Waals surface area contributed by atoms with Gasteiger partial charge in [0.1, 0.15) is 11.7 Å². The second-order valence-corrected chi connectivity index (χ2v) is 7.80. The van der Waals surface area contributed by atoms with Gasteiger partial charge in [0.25, 0.3) is 0 Å². The monoisotopic (exact) mass is 352 g/mol. The van der Waals surface area contributed by atoms with Gasteiger partial charge in [0.05, 0.1) is 12.1 Å². The van der Waals surface area contributed by atoms with Gasteiger partial charge in [-0.3, -0.25) is 4.98 Å². The Bertz CT molecular complexity index is 514. The summed E-state index contributed by atoms with van der Waals surface area (Å²) in [6, 6.07) is 5.02. The molecule has 6 nitrogen and oxygen atoms in total. The number of aliphatic hydroxyl groups is 2. The van der Waals surface area contributed by atoms with Crippen molar-refractivity contribution in [1.29, 1.82) is 0 Å². The molecule has 0 fully saturated rings. The Hall–Kier alpha value is -1.66. The fraction of sp³-hybridized carbons (Fsp3) is 0.684. The van der Waals surface area contributed by atoms with Gasteiger partial charge in [0, 0.05) is 11.9 Å². The predicted octanol–water partition coefficient (Wildman–Crippen LogP) is 2.68. The van der Waals surface area contributed by atoms with E-state index in [4.69, 9.17) is 4.74 Å². The van der Waals surface area contributed by atoms with Gasteiger partial charge >= 0.3 is 6.09 Å². The number of pyridine rings is 1. The van der Waals surface area contributed by atoms with Crippen molar-refractivity contribution in [3.05, 3.63) is 30.1 Å². The number of aromatic nitrogens is 1. The molecule has 0 unspecified atom stereocenters. The van der Waals surface area contributed by atoms with Gasteiger partial charge in [-0.1, -0.05) is 19.9 Å². The van der Waals surface area contributed by atoms with Gasteiger partial charge in [0.15, 0.2) is 0 Å². The van der Waals surface area contributed by atoms with E-state index in [2.05, 4.69) is 10.3 Å². The number of amides is 1. The van der Waals surface area contributed by atoms with Crippen molar-refractivity contribution >= 4 is 6.09 Å². The third-order valence-corrected chi connectivity index (χ3v) is 3.66. The average Bonchev–Trinajstić information content (AvgIpc) is 2.50. The lowest BCUT2D eigenvalue weighted by atomic mass is 9.94. The highest BCUT2D eigenvalue weighted by Gasteiger charge is 2.29. The normalized spacial score (nSPS) is 15.5. The molecule has 0 saturated carbocycles. The molecule has 3 atom stereocenters. The van der Waals surface area contributed by atoms with Crippen LogP contribution in [0.15, 0.2) is 24.4 Å². The number of ether oxygens (including phenoxy) is 1. The predicted molar refractivity (Wildman–Crippen MR) is 97.2 cm³/mol. The maximum atomic E-state index is 12.0. The third kappa shape index (κ3) is 8.84. The summed E-state index contributed by atoms with van der Waals surface area (Å²) >= 11 is 0. The maximum Gasteiger partial charge on any atom is 0.407 e. The fourth-order valence-corrected chi connectivity index (χ4v) is 2.53. The Morgan fingerprint density at radius 2 is 1.96 bits per heavy atom. The molecule has 1 rings (SSSR count). The summed E-state index contributed by atoms with van der Waals surface area (Å²) < 4.78 is 5.26. The molecule has 0 spiro atoms. The number of rotatable bonds is 8. The van der Waals surface area contributed by atoms with Crippen LogP contribution in [0.3, 0.4) is 0 Å². The van der Waals surface area contributed by atoms with Crippen LogP contribution in [-0.4, -0.2) is 45.1 Å². The van der Waals surface area contributed by atoms with E-state index >= 15 is 0 Å². The largest absolute Gasteiger partial charge is 0.444 e. The molecule has 1 aromatic rings. The lowest BCUT2D eigenvalue weighted by molar-refractivity contribution is -0.0164. The Balaban J connectivity index is 2.64. The van der Waals surface area contributed by atoms with Crippen molar-refractivity contribution in [2.75, 3.05) is 0 Å². The van der Waals surface area contributed by atoms with Crippen LogP contribution in [0.5, 0.6) is 0 Å². The molecule has 1 aromatic heterocycles. The minimum atomic E-state index is -1.07.